The molecule has 1 N–H and O–H groups in total. The second-order valence-electron chi connectivity index (χ2n) is 8.82. The fourth-order valence-electron chi connectivity index (χ4n) is 3.89. The van der Waals surface area contributed by atoms with Crippen LogP contribution < -0.4 is 10.5 Å². The van der Waals surface area contributed by atoms with Gasteiger partial charge in [0.25, 0.3) is 5.91 Å². The van der Waals surface area contributed by atoms with E-state index < -0.39 is 5.97 Å². The van der Waals surface area contributed by atoms with Crippen molar-refractivity contribution in [3.63, 3.8) is 0 Å². The lowest BCUT2D eigenvalue weighted by atomic mass is 10.0. The molecule has 0 aliphatic rings. The number of nitrogens with zero attached hydrogens (tertiary/aromatic N) is 1. The van der Waals surface area contributed by atoms with E-state index >= 15 is 0 Å². The minimum absolute atomic E-state index is 0.232. The first-order chi connectivity index (χ1) is 14.9. The van der Waals surface area contributed by atoms with Crippen molar-refractivity contribution in [3.05, 3.63) is 0 Å². The molecule has 5 heteroatoms. The maximum Gasteiger partial charge on any atom is 0.264 e. The Hall–Kier alpha value is -1.10. The Balaban J connectivity index is 0. The third-order valence-corrected chi connectivity index (χ3v) is 6.19. The number of nitrogens with one attached hydrogen (secondary N) is 1. The Morgan fingerprint density at radius 2 is 0.903 bits per heavy atom. The topological polar surface area (TPSA) is 69.2 Å². The molecule has 0 saturated heterocycles. The van der Waals surface area contributed by atoms with Crippen LogP contribution in [0.2, 0.25) is 0 Å². The molecule has 0 aromatic carbocycles. The molecule has 0 atom stereocenters. The second kappa shape index (κ2) is 23.6. The molecule has 0 aliphatic heterocycles. The van der Waals surface area contributed by atoms with Crippen LogP contribution in [-0.2, 0) is 9.59 Å². The molecule has 0 spiro atoms. The molecule has 5 nitrogen and oxygen atoms in total. The van der Waals surface area contributed by atoms with Crippen molar-refractivity contribution in [1.82, 2.24) is 5.43 Å². The standard InChI is InChI=1S/C24H50N2O.C2H4O2/c1-5-9-10-11-12-13-14-15-16-17-18-19-20-21-22-23-24(27)25-26(6-2,7-3)8-4;1-2(3)4/h5-23H2,1-4H3;1H3,(H,3,4). The zero-order chi connectivity index (χ0) is 23.8. The van der Waals surface area contributed by atoms with E-state index in [1.807, 2.05) is 0 Å². The van der Waals surface area contributed by atoms with Crippen molar-refractivity contribution in [2.45, 2.75) is 137 Å². The molecule has 0 aliphatic carbocycles. The molecule has 0 fully saturated rings. The van der Waals surface area contributed by atoms with Crippen molar-refractivity contribution in [3.8, 4) is 0 Å². The summed E-state index contributed by atoms with van der Waals surface area (Å²) in [5, 5.41) is 8.89. The smallest absolute Gasteiger partial charge is 0.264 e. The monoisotopic (exact) mass is 442 g/mol. The summed E-state index contributed by atoms with van der Waals surface area (Å²) in [6.45, 7) is 12.6. The van der Waals surface area contributed by atoms with Gasteiger partial charge in [-0.25, -0.2) is 10.0 Å². The van der Waals surface area contributed by atoms with E-state index in [0.29, 0.717) is 6.42 Å². The lowest BCUT2D eigenvalue weighted by Gasteiger charge is -2.34. The van der Waals surface area contributed by atoms with Gasteiger partial charge in [0.1, 0.15) is 0 Å². The highest BCUT2D eigenvalue weighted by Crippen LogP contribution is 2.13. The maximum absolute atomic E-state index is 12.1. The number of carbonyl (C=O) groups is 2. The molecule has 186 valence electrons. The Bertz CT molecular complexity index is 397. The molecule has 0 radical (unpaired) electrons. The minimum Gasteiger partial charge on any atom is -0.550 e. The predicted octanol–water partition coefficient (Wildman–Crippen LogP) is 5.91. The Morgan fingerprint density at radius 1 is 0.613 bits per heavy atom. The van der Waals surface area contributed by atoms with E-state index in [-0.39, 0.29) is 5.91 Å². The molecule has 0 aromatic rings. The van der Waals surface area contributed by atoms with Crippen molar-refractivity contribution in [2.24, 2.45) is 0 Å². The molecule has 0 aromatic heterocycles. The number of carboxylic acid groups (broad SMARTS) is 1. The average molecular weight is 443 g/mol. The molecular formula is C26H54N2O3. The number of amides is 1. The van der Waals surface area contributed by atoms with Crippen molar-refractivity contribution < 1.29 is 19.3 Å². The van der Waals surface area contributed by atoms with Crippen LogP contribution in [0.5, 0.6) is 0 Å². The van der Waals surface area contributed by atoms with Crippen molar-refractivity contribution >= 4 is 11.9 Å². The summed E-state index contributed by atoms with van der Waals surface area (Å²) in [7, 11) is 0. The highest BCUT2D eigenvalue weighted by molar-refractivity contribution is 5.74. The molecule has 0 saturated carbocycles. The van der Waals surface area contributed by atoms with Gasteiger partial charge >= 0.3 is 0 Å². The molecular weight excluding hydrogens is 388 g/mol. The fourth-order valence-corrected chi connectivity index (χ4v) is 3.89. The SMILES string of the molecule is CC(=O)[O-].CCCCCCCCCCCCCCCCCC(=O)N[N+](CC)(CC)CC. The Morgan fingerprint density at radius 3 is 1.19 bits per heavy atom. The third-order valence-electron chi connectivity index (χ3n) is 6.19. The van der Waals surface area contributed by atoms with E-state index in [2.05, 4.69) is 33.1 Å². The summed E-state index contributed by atoms with van der Waals surface area (Å²) < 4.78 is 0.720. The van der Waals surface area contributed by atoms with Crippen LogP contribution in [0.3, 0.4) is 0 Å². The van der Waals surface area contributed by atoms with Crippen LogP contribution in [0.25, 0.3) is 0 Å². The van der Waals surface area contributed by atoms with Crippen LogP contribution in [-0.4, -0.2) is 36.1 Å². The summed E-state index contributed by atoms with van der Waals surface area (Å²) in [5.41, 5.74) is 3.23. The van der Waals surface area contributed by atoms with Gasteiger partial charge in [0.2, 0.25) is 0 Å². The molecule has 0 heterocycles. The van der Waals surface area contributed by atoms with Gasteiger partial charge in [-0.05, 0) is 34.1 Å². The lowest BCUT2D eigenvalue weighted by Crippen LogP contribution is -2.59. The number of carbonyl (C=O) groups excluding carboxylic acids is 2. The number of hydrogen-bond acceptors (Lipinski definition) is 3. The third kappa shape index (κ3) is 23.4. The van der Waals surface area contributed by atoms with Gasteiger partial charge in [-0.15, -0.1) is 0 Å². The summed E-state index contributed by atoms with van der Waals surface area (Å²) in [6, 6.07) is 0. The van der Waals surface area contributed by atoms with Crippen LogP contribution in [0.15, 0.2) is 0 Å². The molecule has 1 amide bonds. The average Bonchev–Trinajstić information content (AvgIpc) is 2.74. The molecule has 31 heavy (non-hydrogen) atoms. The lowest BCUT2D eigenvalue weighted by molar-refractivity contribution is -0.956. The Labute approximate surface area is 193 Å². The highest BCUT2D eigenvalue weighted by atomic mass is 16.4. The quantitative estimate of drug-likeness (QED) is 0.145. The van der Waals surface area contributed by atoms with Crippen LogP contribution >= 0.6 is 0 Å². The summed E-state index contributed by atoms with van der Waals surface area (Å²) in [6.07, 6.45) is 21.2. The van der Waals surface area contributed by atoms with Gasteiger partial charge in [0.15, 0.2) is 0 Å². The number of carboxylic acids is 1. The number of aliphatic carboxylic acids is 1. The van der Waals surface area contributed by atoms with Crippen LogP contribution in [0.4, 0.5) is 0 Å². The van der Waals surface area contributed by atoms with Gasteiger partial charge in [-0.2, -0.15) is 0 Å². The first-order valence-electron chi connectivity index (χ1n) is 13.2. The molecule has 0 unspecified atom stereocenters. The van der Waals surface area contributed by atoms with Gasteiger partial charge in [0, 0.05) is 12.4 Å². The van der Waals surface area contributed by atoms with Crippen LogP contribution in [0.1, 0.15) is 137 Å². The molecule has 0 bridgehead atoms. The van der Waals surface area contributed by atoms with E-state index in [1.165, 1.54) is 89.9 Å². The van der Waals surface area contributed by atoms with Gasteiger partial charge in [0.05, 0.1) is 19.6 Å². The second-order valence-corrected chi connectivity index (χ2v) is 8.82. The highest BCUT2D eigenvalue weighted by Gasteiger charge is 2.23. The largest absolute Gasteiger partial charge is 0.550 e. The normalized spacial score (nSPS) is 11.0. The van der Waals surface area contributed by atoms with Gasteiger partial charge < -0.3 is 9.90 Å². The van der Waals surface area contributed by atoms with E-state index in [4.69, 9.17) is 9.90 Å². The zero-order valence-electron chi connectivity index (χ0n) is 21.6. The number of quaternary nitrogens is 1. The fraction of sp³-hybridized carbons (Fsp3) is 0.923. The Kier molecular flexibility index (Phi) is 24.4. The first-order valence-corrected chi connectivity index (χ1v) is 13.2. The number of unbranched alkanes of at least 4 members (excludes halogenated alkanes) is 14. The van der Waals surface area contributed by atoms with Crippen molar-refractivity contribution in [1.29, 1.82) is 0 Å². The maximum atomic E-state index is 12.1. The number of rotatable bonds is 20. The van der Waals surface area contributed by atoms with E-state index in [9.17, 15) is 4.79 Å². The summed E-state index contributed by atoms with van der Waals surface area (Å²) in [4.78, 5) is 21.0. The van der Waals surface area contributed by atoms with Gasteiger partial charge in [-0.1, -0.05) is 96.8 Å². The first kappa shape index (κ1) is 32.1. The summed E-state index contributed by atoms with van der Waals surface area (Å²) >= 11 is 0. The van der Waals surface area contributed by atoms with E-state index in [1.54, 1.807) is 0 Å². The minimum atomic E-state index is -1.08. The molecule has 0 rings (SSSR count). The van der Waals surface area contributed by atoms with E-state index in [0.717, 1.165) is 37.6 Å². The zero-order valence-corrected chi connectivity index (χ0v) is 21.6. The van der Waals surface area contributed by atoms with Crippen LogP contribution in [0, 0.1) is 0 Å². The predicted molar refractivity (Wildman–Crippen MR) is 130 cm³/mol. The van der Waals surface area contributed by atoms with Crippen molar-refractivity contribution in [2.75, 3.05) is 19.6 Å². The van der Waals surface area contributed by atoms with Gasteiger partial charge in [-0.3, -0.25) is 4.79 Å². The summed E-state index contributed by atoms with van der Waals surface area (Å²) in [5.74, 6) is -0.852. The number of hydrogen-bond donors (Lipinski definition) is 1.